The van der Waals surface area contributed by atoms with Gasteiger partial charge < -0.3 is 29.9 Å². The number of nitrogens with zero attached hydrogens (tertiary/aromatic N) is 1. The van der Waals surface area contributed by atoms with Gasteiger partial charge in [0.25, 0.3) is 0 Å². The molecule has 1 aliphatic carbocycles. The van der Waals surface area contributed by atoms with E-state index in [1.807, 2.05) is 22.6 Å². The number of rotatable bonds is 10. The van der Waals surface area contributed by atoms with Crippen molar-refractivity contribution in [2.45, 2.75) is 38.1 Å². The molecule has 3 atom stereocenters. The molecule has 2 amide bonds. The first kappa shape index (κ1) is 30.2. The van der Waals surface area contributed by atoms with Crippen molar-refractivity contribution in [3.8, 4) is 11.5 Å². The number of nitrogens with one attached hydrogen (secondary N) is 1. The zero-order valence-electron chi connectivity index (χ0n) is 20.6. The van der Waals surface area contributed by atoms with Gasteiger partial charge in [-0.05, 0) is 58.5 Å². The Bertz CT molecular complexity index is 1240. The molecule has 0 aromatic heterocycles. The Labute approximate surface area is 243 Å². The number of carbonyl (C=O) groups is 3. The number of amides is 2. The van der Waals surface area contributed by atoms with Gasteiger partial charge in [0, 0.05) is 47.6 Å². The van der Waals surface area contributed by atoms with Gasteiger partial charge in [0.15, 0.2) is 11.5 Å². The second-order valence-electron chi connectivity index (χ2n) is 8.55. The summed E-state index contributed by atoms with van der Waals surface area (Å²) >= 11 is 14.4. The van der Waals surface area contributed by atoms with E-state index in [1.165, 1.54) is 31.1 Å². The van der Waals surface area contributed by atoms with Crippen molar-refractivity contribution in [1.29, 1.82) is 0 Å². The summed E-state index contributed by atoms with van der Waals surface area (Å²) in [5.41, 5.74) is 1.26. The largest absolute Gasteiger partial charge is 0.493 e. The molecule has 0 fully saturated rings. The molecule has 0 saturated heterocycles. The number of halogens is 3. The number of carbonyl (C=O) groups excluding carboxylic acids is 3. The third-order valence-corrected chi connectivity index (χ3v) is 7.40. The Morgan fingerprint density at radius 2 is 2.00 bits per heavy atom. The van der Waals surface area contributed by atoms with Gasteiger partial charge in [0.1, 0.15) is 18.5 Å². The Balaban J connectivity index is 2.02. The van der Waals surface area contributed by atoms with Crippen LogP contribution in [0, 0.1) is 3.57 Å². The first-order valence-corrected chi connectivity index (χ1v) is 13.4. The van der Waals surface area contributed by atoms with Crippen LogP contribution in [0.4, 0.5) is 0 Å². The number of hydrogen-bond donors (Lipinski definition) is 3. The second kappa shape index (κ2) is 13.6. The molecule has 3 rings (SSSR count). The van der Waals surface area contributed by atoms with Crippen molar-refractivity contribution in [3.05, 3.63) is 66.7 Å². The van der Waals surface area contributed by atoms with Crippen molar-refractivity contribution in [2.24, 2.45) is 0 Å². The van der Waals surface area contributed by atoms with Crippen LogP contribution in [0.1, 0.15) is 29.3 Å². The minimum absolute atomic E-state index is 0.0292. The summed E-state index contributed by atoms with van der Waals surface area (Å²) in [7, 11) is 1.42. The number of ether oxygens (including phenoxy) is 2. The highest BCUT2D eigenvalue weighted by Gasteiger charge is 2.40. The number of aliphatic hydroxyl groups excluding tert-OH is 2. The lowest BCUT2D eigenvalue weighted by atomic mass is 9.88. The smallest absolute Gasteiger partial charge is 0.247 e. The molecule has 0 saturated carbocycles. The van der Waals surface area contributed by atoms with Gasteiger partial charge in [-0.15, -0.1) is 0 Å². The Kier molecular flexibility index (Phi) is 10.8. The molecular formula is C26H27Cl2IN2O7. The fourth-order valence-electron chi connectivity index (χ4n) is 4.13. The molecule has 38 heavy (non-hydrogen) atoms. The second-order valence-corrected chi connectivity index (χ2v) is 10.6. The SMILES string of the molecule is COc1cc(C=O)cc(I)c1OC1C=C(C(=O)NCCO)CC(N(Cc2ccc(Cl)cc2Cl)C(C)=O)C1O. The van der Waals surface area contributed by atoms with Crippen LogP contribution >= 0.6 is 45.8 Å². The summed E-state index contributed by atoms with van der Waals surface area (Å²) < 4.78 is 12.1. The summed E-state index contributed by atoms with van der Waals surface area (Å²) in [5, 5.41) is 24.0. The van der Waals surface area contributed by atoms with Crippen molar-refractivity contribution in [3.63, 3.8) is 0 Å². The van der Waals surface area contributed by atoms with Crippen LogP contribution in [0.25, 0.3) is 0 Å². The normalized spacial score (nSPS) is 18.8. The minimum Gasteiger partial charge on any atom is -0.493 e. The van der Waals surface area contributed by atoms with E-state index in [2.05, 4.69) is 5.32 Å². The molecule has 1 aliphatic rings. The molecule has 12 heteroatoms. The average molecular weight is 677 g/mol. The highest BCUT2D eigenvalue weighted by Crippen LogP contribution is 2.37. The van der Waals surface area contributed by atoms with E-state index in [4.69, 9.17) is 37.8 Å². The topological polar surface area (TPSA) is 125 Å². The summed E-state index contributed by atoms with van der Waals surface area (Å²) in [6, 6.07) is 7.14. The monoisotopic (exact) mass is 676 g/mol. The molecule has 3 N–H and O–H groups in total. The van der Waals surface area contributed by atoms with Gasteiger partial charge >= 0.3 is 0 Å². The molecule has 9 nitrogen and oxygen atoms in total. The maximum atomic E-state index is 12.9. The van der Waals surface area contributed by atoms with E-state index in [0.717, 1.165) is 0 Å². The van der Waals surface area contributed by atoms with Crippen LogP contribution in [0.3, 0.4) is 0 Å². The lowest BCUT2D eigenvalue weighted by Crippen LogP contribution is -2.54. The van der Waals surface area contributed by atoms with Gasteiger partial charge in [-0.1, -0.05) is 29.3 Å². The van der Waals surface area contributed by atoms with Crippen molar-refractivity contribution in [2.75, 3.05) is 20.3 Å². The maximum Gasteiger partial charge on any atom is 0.247 e. The third kappa shape index (κ3) is 7.17. The van der Waals surface area contributed by atoms with Crippen molar-refractivity contribution >= 4 is 63.9 Å². The Hall–Kier alpha value is -2.38. The Morgan fingerprint density at radius 3 is 2.61 bits per heavy atom. The molecule has 0 spiro atoms. The molecule has 0 radical (unpaired) electrons. The molecule has 0 aliphatic heterocycles. The fourth-order valence-corrected chi connectivity index (χ4v) is 5.35. The van der Waals surface area contributed by atoms with Gasteiger partial charge in [-0.3, -0.25) is 14.4 Å². The summed E-state index contributed by atoms with van der Waals surface area (Å²) in [6.45, 7) is 1.20. The van der Waals surface area contributed by atoms with E-state index in [0.29, 0.717) is 31.0 Å². The molecule has 2 aromatic rings. The van der Waals surface area contributed by atoms with Crippen LogP contribution in [-0.4, -0.2) is 71.7 Å². The van der Waals surface area contributed by atoms with Crippen LogP contribution < -0.4 is 14.8 Å². The number of benzene rings is 2. The quantitative estimate of drug-likeness (QED) is 0.260. The van der Waals surface area contributed by atoms with Crippen LogP contribution in [0.15, 0.2) is 42.0 Å². The van der Waals surface area contributed by atoms with E-state index < -0.39 is 24.2 Å². The lowest BCUT2D eigenvalue weighted by Gasteiger charge is -2.40. The highest BCUT2D eigenvalue weighted by molar-refractivity contribution is 14.1. The summed E-state index contributed by atoms with van der Waals surface area (Å²) in [5.74, 6) is -0.275. The van der Waals surface area contributed by atoms with Crippen LogP contribution in [-0.2, 0) is 16.1 Å². The minimum atomic E-state index is -1.24. The highest BCUT2D eigenvalue weighted by atomic mass is 127. The van der Waals surface area contributed by atoms with Gasteiger partial charge in [-0.2, -0.15) is 0 Å². The van der Waals surface area contributed by atoms with Crippen molar-refractivity contribution in [1.82, 2.24) is 10.2 Å². The van der Waals surface area contributed by atoms with E-state index in [-0.39, 0.29) is 49.1 Å². The summed E-state index contributed by atoms with van der Waals surface area (Å²) in [6.07, 6.45) is -0.108. The maximum absolute atomic E-state index is 12.9. The first-order valence-electron chi connectivity index (χ1n) is 11.6. The number of methoxy groups -OCH3 is 1. The van der Waals surface area contributed by atoms with E-state index in [1.54, 1.807) is 24.3 Å². The van der Waals surface area contributed by atoms with Crippen molar-refractivity contribution < 1.29 is 34.1 Å². The number of hydrogen-bond acceptors (Lipinski definition) is 7. The van der Waals surface area contributed by atoms with Gasteiger partial charge in [0.2, 0.25) is 11.8 Å². The lowest BCUT2D eigenvalue weighted by molar-refractivity contribution is -0.137. The van der Waals surface area contributed by atoms with E-state index >= 15 is 0 Å². The standard InChI is InChI=1S/C26H27Cl2IN2O7/c1-14(34)31(12-16-3-4-18(27)11-19(16)28)21-9-17(26(36)30-5-6-32)10-22(24(21)35)38-25-20(29)7-15(13-33)8-23(25)37-2/h3-4,7-8,10-11,13,21-22,24,32,35H,5-6,9,12H2,1-2H3,(H,30,36). The molecule has 204 valence electrons. The number of aldehydes is 1. The summed E-state index contributed by atoms with van der Waals surface area (Å²) in [4.78, 5) is 38.4. The molecule has 3 unspecified atom stereocenters. The fraction of sp³-hybridized carbons (Fsp3) is 0.346. The average Bonchev–Trinajstić information content (AvgIpc) is 2.88. The predicted octanol–water partition coefficient (Wildman–Crippen LogP) is 3.38. The predicted molar refractivity (Wildman–Crippen MR) is 151 cm³/mol. The van der Waals surface area contributed by atoms with Gasteiger partial charge in [-0.25, -0.2) is 0 Å². The molecule has 2 aromatic carbocycles. The number of aliphatic hydroxyl groups is 2. The molecule has 0 bridgehead atoms. The van der Waals surface area contributed by atoms with Crippen LogP contribution in [0.5, 0.6) is 11.5 Å². The third-order valence-electron chi connectivity index (χ3n) is 6.02. The molecular weight excluding hydrogens is 650 g/mol. The first-order chi connectivity index (χ1) is 18.1. The zero-order valence-corrected chi connectivity index (χ0v) is 24.3. The van der Waals surface area contributed by atoms with Gasteiger partial charge in [0.05, 0.1) is 23.3 Å². The van der Waals surface area contributed by atoms with E-state index in [9.17, 15) is 19.5 Å². The molecule has 0 heterocycles. The van der Waals surface area contributed by atoms with Crippen LogP contribution in [0.2, 0.25) is 10.0 Å². The zero-order chi connectivity index (χ0) is 28.0. The Morgan fingerprint density at radius 1 is 1.26 bits per heavy atom.